The highest BCUT2D eigenvalue weighted by Gasteiger charge is 2.18. The number of rotatable bonds is 5. The van der Waals surface area contributed by atoms with E-state index in [1.807, 2.05) is 0 Å². The van der Waals surface area contributed by atoms with Crippen LogP contribution in [0.5, 0.6) is 0 Å². The topological polar surface area (TPSA) is 92.3 Å². The van der Waals surface area contributed by atoms with E-state index in [0.717, 1.165) is 0 Å². The van der Waals surface area contributed by atoms with E-state index in [-0.39, 0.29) is 15.5 Å². The van der Waals surface area contributed by atoms with Gasteiger partial charge in [0.25, 0.3) is 10.0 Å². The van der Waals surface area contributed by atoms with Gasteiger partial charge < -0.3 is 0 Å². The summed E-state index contributed by atoms with van der Waals surface area (Å²) in [4.78, 5) is 0.0971. The maximum absolute atomic E-state index is 12.4. The molecular formula is C14H15BrN2O4S2. The third kappa shape index (κ3) is 4.11. The van der Waals surface area contributed by atoms with Crippen molar-refractivity contribution in [1.82, 2.24) is 4.72 Å². The molecule has 0 atom stereocenters. The van der Waals surface area contributed by atoms with E-state index in [2.05, 4.69) is 25.4 Å². The molecule has 2 N–H and O–H groups in total. The van der Waals surface area contributed by atoms with Crippen LogP contribution in [0.25, 0.3) is 0 Å². The lowest BCUT2D eigenvalue weighted by Crippen LogP contribution is -2.20. The van der Waals surface area contributed by atoms with Gasteiger partial charge in [0.2, 0.25) is 10.0 Å². The Morgan fingerprint density at radius 1 is 0.957 bits per heavy atom. The molecule has 2 aromatic carbocycles. The Balaban J connectivity index is 2.43. The zero-order valence-corrected chi connectivity index (χ0v) is 15.6. The van der Waals surface area contributed by atoms with Crippen LogP contribution in [-0.2, 0) is 20.0 Å². The van der Waals surface area contributed by atoms with Crippen LogP contribution in [0.2, 0.25) is 0 Å². The number of hydrogen-bond donors (Lipinski definition) is 2. The summed E-state index contributed by atoms with van der Waals surface area (Å²) < 4.78 is 53.9. The number of nitrogens with one attached hydrogen (secondary N) is 2. The van der Waals surface area contributed by atoms with Crippen LogP contribution in [-0.4, -0.2) is 23.9 Å². The van der Waals surface area contributed by atoms with Gasteiger partial charge in [-0.25, -0.2) is 21.6 Å². The highest BCUT2D eigenvalue weighted by molar-refractivity contribution is 9.10. The molecule has 0 bridgehead atoms. The fraction of sp³-hybridized carbons (Fsp3) is 0.143. The smallest absolute Gasteiger partial charge is 0.261 e. The fourth-order valence-corrected chi connectivity index (χ4v) is 4.55. The summed E-state index contributed by atoms with van der Waals surface area (Å²) in [7, 11) is -6.18. The minimum Gasteiger partial charge on any atom is -0.280 e. The van der Waals surface area contributed by atoms with Crippen molar-refractivity contribution < 1.29 is 16.8 Å². The normalized spacial score (nSPS) is 12.1. The minimum absolute atomic E-state index is 0.0226. The molecule has 0 saturated heterocycles. The lowest BCUT2D eigenvalue weighted by atomic mass is 10.2. The third-order valence-electron chi connectivity index (χ3n) is 3.10. The summed E-state index contributed by atoms with van der Waals surface area (Å²) in [6.45, 7) is 1.64. The summed E-state index contributed by atoms with van der Waals surface area (Å²) in [5, 5.41) is 0. The van der Waals surface area contributed by atoms with Crippen molar-refractivity contribution in [3.05, 3.63) is 52.5 Å². The number of sulfonamides is 2. The number of halogens is 1. The molecule has 6 nitrogen and oxygen atoms in total. The van der Waals surface area contributed by atoms with Crippen molar-refractivity contribution in [3.63, 3.8) is 0 Å². The summed E-state index contributed by atoms with van der Waals surface area (Å²) in [5.41, 5.74) is 0.689. The molecule has 2 rings (SSSR count). The first-order valence-corrected chi connectivity index (χ1v) is 10.2. The van der Waals surface area contributed by atoms with Crippen molar-refractivity contribution in [2.45, 2.75) is 16.7 Å². The molecule has 0 fully saturated rings. The summed E-state index contributed by atoms with van der Waals surface area (Å²) in [5.74, 6) is 0. The first kappa shape index (κ1) is 17.9. The van der Waals surface area contributed by atoms with Crippen molar-refractivity contribution in [2.75, 3.05) is 11.8 Å². The van der Waals surface area contributed by atoms with Gasteiger partial charge in [-0.15, -0.1) is 0 Å². The Hall–Kier alpha value is -1.42. The van der Waals surface area contributed by atoms with E-state index in [1.165, 1.54) is 31.3 Å². The van der Waals surface area contributed by atoms with Crippen LogP contribution < -0.4 is 9.44 Å². The van der Waals surface area contributed by atoms with Gasteiger partial charge >= 0.3 is 0 Å². The third-order valence-corrected chi connectivity index (χ3v) is 6.53. The lowest BCUT2D eigenvalue weighted by molar-refractivity contribution is 0.587. The molecule has 23 heavy (non-hydrogen) atoms. The molecule has 124 valence electrons. The van der Waals surface area contributed by atoms with Crippen molar-refractivity contribution in [2.24, 2.45) is 0 Å². The maximum Gasteiger partial charge on any atom is 0.261 e. The zero-order chi connectivity index (χ0) is 17.3. The quantitative estimate of drug-likeness (QED) is 0.779. The van der Waals surface area contributed by atoms with Crippen LogP contribution in [0, 0.1) is 6.92 Å². The maximum atomic E-state index is 12.4. The highest BCUT2D eigenvalue weighted by atomic mass is 79.9. The van der Waals surface area contributed by atoms with Crippen LogP contribution in [0.1, 0.15) is 5.56 Å². The van der Waals surface area contributed by atoms with Gasteiger partial charge in [0.15, 0.2) is 0 Å². The van der Waals surface area contributed by atoms with Crippen LogP contribution in [0.4, 0.5) is 5.69 Å². The van der Waals surface area contributed by atoms with Gasteiger partial charge in [0.1, 0.15) is 0 Å². The van der Waals surface area contributed by atoms with E-state index in [1.54, 1.807) is 25.1 Å². The van der Waals surface area contributed by atoms with Gasteiger partial charge in [-0.2, -0.15) is 0 Å². The van der Waals surface area contributed by atoms with Crippen molar-refractivity contribution >= 4 is 41.7 Å². The average Bonchev–Trinajstić information content (AvgIpc) is 2.49. The highest BCUT2D eigenvalue weighted by Crippen LogP contribution is 2.23. The second-order valence-corrected chi connectivity index (χ2v) is 9.20. The predicted octanol–water partition coefficient (Wildman–Crippen LogP) is 2.47. The second kappa shape index (κ2) is 6.60. The van der Waals surface area contributed by atoms with Crippen molar-refractivity contribution in [3.8, 4) is 0 Å². The molecule has 0 aliphatic rings. The van der Waals surface area contributed by atoms with Gasteiger partial charge in [-0.1, -0.05) is 28.1 Å². The van der Waals surface area contributed by atoms with E-state index in [4.69, 9.17) is 0 Å². The molecule has 0 aliphatic heterocycles. The zero-order valence-electron chi connectivity index (χ0n) is 12.4. The molecule has 0 radical (unpaired) electrons. The van der Waals surface area contributed by atoms with E-state index in [0.29, 0.717) is 10.0 Å². The first-order chi connectivity index (χ1) is 10.7. The molecular weight excluding hydrogens is 404 g/mol. The van der Waals surface area contributed by atoms with Gasteiger partial charge in [0, 0.05) is 4.47 Å². The largest absolute Gasteiger partial charge is 0.280 e. The molecule has 0 aliphatic carbocycles. The predicted molar refractivity (Wildman–Crippen MR) is 92.4 cm³/mol. The number of benzene rings is 2. The molecule has 0 unspecified atom stereocenters. The molecule has 2 aromatic rings. The van der Waals surface area contributed by atoms with Gasteiger partial charge in [-0.05, 0) is 49.9 Å². The SMILES string of the molecule is CNS(=O)(=O)c1cc(NS(=O)(=O)c2cccc(Br)c2)ccc1C. The Labute approximate surface area is 144 Å². The van der Waals surface area contributed by atoms with Crippen molar-refractivity contribution in [1.29, 1.82) is 0 Å². The number of hydrogen-bond acceptors (Lipinski definition) is 4. The molecule has 9 heteroatoms. The Bertz CT molecular complexity index is 941. The standard InChI is InChI=1S/C14H15BrN2O4S2/c1-10-6-7-12(9-14(10)23(20,21)16-2)17-22(18,19)13-5-3-4-11(15)8-13/h3-9,16-17H,1-2H3. The van der Waals surface area contributed by atoms with Gasteiger partial charge in [0.05, 0.1) is 15.5 Å². The first-order valence-electron chi connectivity index (χ1n) is 6.48. The summed E-state index contributed by atoms with van der Waals surface area (Å²) >= 11 is 3.22. The Morgan fingerprint density at radius 3 is 2.26 bits per heavy atom. The lowest BCUT2D eigenvalue weighted by Gasteiger charge is -2.12. The molecule has 0 saturated carbocycles. The fourth-order valence-electron chi connectivity index (χ4n) is 1.91. The minimum atomic E-state index is -3.81. The summed E-state index contributed by atoms with van der Waals surface area (Å²) in [6, 6.07) is 10.6. The van der Waals surface area contributed by atoms with Crippen LogP contribution in [0.15, 0.2) is 56.7 Å². The monoisotopic (exact) mass is 418 g/mol. The molecule has 0 heterocycles. The van der Waals surface area contributed by atoms with Crippen LogP contribution in [0.3, 0.4) is 0 Å². The van der Waals surface area contributed by atoms with Gasteiger partial charge in [-0.3, -0.25) is 4.72 Å². The Morgan fingerprint density at radius 2 is 1.65 bits per heavy atom. The van der Waals surface area contributed by atoms with E-state index >= 15 is 0 Å². The molecule has 0 amide bonds. The second-order valence-electron chi connectivity index (χ2n) is 4.75. The average molecular weight is 419 g/mol. The van der Waals surface area contributed by atoms with E-state index < -0.39 is 20.0 Å². The van der Waals surface area contributed by atoms with E-state index in [9.17, 15) is 16.8 Å². The molecule has 0 aromatic heterocycles. The number of aryl methyl sites for hydroxylation is 1. The number of anilines is 1. The van der Waals surface area contributed by atoms with Crippen LogP contribution >= 0.6 is 15.9 Å². The summed E-state index contributed by atoms with van der Waals surface area (Å²) in [6.07, 6.45) is 0. The molecule has 0 spiro atoms. The Kier molecular flexibility index (Phi) is 5.14.